The van der Waals surface area contributed by atoms with Gasteiger partial charge in [-0.3, -0.25) is 31.3 Å². The van der Waals surface area contributed by atoms with Crippen LogP contribution >= 0.6 is 23.2 Å². The predicted molar refractivity (Wildman–Crippen MR) is 262 cm³/mol. The zero-order valence-corrected chi connectivity index (χ0v) is 41.4. The molecule has 6 aliphatic rings. The third-order valence-electron chi connectivity index (χ3n) is 14.8. The number of rotatable bonds is 20. The Morgan fingerprint density at radius 3 is 1.27 bits per heavy atom. The summed E-state index contributed by atoms with van der Waals surface area (Å²) < 4.78 is 31.0. The summed E-state index contributed by atoms with van der Waals surface area (Å²) in [5.74, 6) is -2.72. The number of aromatic nitrogens is 4. The fraction of sp³-hybridized carbons (Fsp3) is 0.739. The number of carbonyl (C=O) groups excluding carboxylic acids is 2. The summed E-state index contributed by atoms with van der Waals surface area (Å²) in [6.45, 7) is 7.32. The normalized spacial score (nSPS) is 21.9. The van der Waals surface area contributed by atoms with Gasteiger partial charge in [0.25, 0.3) is 0 Å². The molecule has 0 radical (unpaired) electrons. The minimum Gasteiger partial charge on any atom is -0.465 e. The number of likely N-dealkylation sites (tertiary alicyclic amines) is 2. The number of hydrogen-bond donors (Lipinski definition) is 8. The molecule has 4 atom stereocenters. The lowest BCUT2D eigenvalue weighted by Gasteiger charge is -2.30. The highest BCUT2D eigenvalue weighted by Crippen LogP contribution is 2.35. The Balaban J connectivity index is 0.000000206. The zero-order valence-electron chi connectivity index (χ0n) is 39.9. The second-order valence-corrected chi connectivity index (χ2v) is 20.4. The van der Waals surface area contributed by atoms with Crippen molar-refractivity contribution in [1.29, 1.82) is 0 Å². The van der Waals surface area contributed by atoms with E-state index in [9.17, 15) is 19.2 Å². The predicted octanol–water partition coefficient (Wildman–Crippen LogP) is 6.48. The lowest BCUT2D eigenvalue weighted by atomic mass is 9.92. The summed E-state index contributed by atoms with van der Waals surface area (Å²) in [5, 5.41) is 22.3. The molecule has 4 aliphatic heterocycles. The first-order valence-corrected chi connectivity index (χ1v) is 26.1. The molecule has 6 fully saturated rings. The highest BCUT2D eigenvalue weighted by Gasteiger charge is 2.35. The van der Waals surface area contributed by atoms with Crippen molar-refractivity contribution in [2.24, 2.45) is 23.7 Å². The van der Waals surface area contributed by atoms with E-state index in [0.717, 1.165) is 116 Å². The van der Waals surface area contributed by atoms with Gasteiger partial charge >= 0.3 is 12.2 Å². The first-order valence-electron chi connectivity index (χ1n) is 25.3. The van der Waals surface area contributed by atoms with Gasteiger partial charge in [0.05, 0.1) is 11.8 Å². The number of hydrogen-bond acceptors (Lipinski definition) is 14. The van der Waals surface area contributed by atoms with E-state index < -0.39 is 47.5 Å². The zero-order chi connectivity index (χ0) is 49.6. The van der Waals surface area contributed by atoms with Gasteiger partial charge in [-0.25, -0.2) is 9.59 Å². The van der Waals surface area contributed by atoms with Crippen molar-refractivity contribution < 1.29 is 38.2 Å². The molecular formula is C46H70Cl2F2N14O6. The average Bonchev–Trinajstić information content (AvgIpc) is 4.20. The maximum atomic E-state index is 15.5. The summed E-state index contributed by atoms with van der Waals surface area (Å²) in [6, 6.07) is 0.294. The van der Waals surface area contributed by atoms with Crippen molar-refractivity contribution >= 4 is 70.5 Å². The quantitative estimate of drug-likeness (QED) is 0.0522. The van der Waals surface area contributed by atoms with Gasteiger partial charge in [-0.1, -0.05) is 51.4 Å². The van der Waals surface area contributed by atoms with E-state index >= 15 is 8.78 Å². The number of halogens is 4. The van der Waals surface area contributed by atoms with Crippen molar-refractivity contribution in [3.63, 3.8) is 0 Å². The van der Waals surface area contributed by atoms with Gasteiger partial charge in [0.1, 0.15) is 0 Å². The molecule has 0 bridgehead atoms. The fourth-order valence-corrected chi connectivity index (χ4v) is 11.6. The molecule has 8 rings (SSSR count). The van der Waals surface area contributed by atoms with E-state index in [2.05, 4.69) is 62.1 Å². The van der Waals surface area contributed by atoms with Crippen LogP contribution in [0.2, 0.25) is 10.6 Å². The molecule has 0 spiro atoms. The summed E-state index contributed by atoms with van der Waals surface area (Å²) in [6.07, 6.45) is 15.9. The molecule has 2 saturated carbocycles. The van der Waals surface area contributed by atoms with E-state index in [1.54, 1.807) is 0 Å². The average molecular weight is 1020 g/mol. The second-order valence-electron chi connectivity index (χ2n) is 19.7. The molecule has 2 aromatic heterocycles. The van der Waals surface area contributed by atoms with Crippen LogP contribution in [0.3, 0.4) is 0 Å². The van der Waals surface area contributed by atoms with Gasteiger partial charge < -0.3 is 40.4 Å². The number of carbonyl (C=O) groups is 4. The monoisotopic (exact) mass is 1020 g/mol. The molecule has 70 heavy (non-hydrogen) atoms. The molecule has 24 heteroatoms. The molecule has 0 unspecified atom stereocenters. The van der Waals surface area contributed by atoms with Crippen molar-refractivity contribution in [3.05, 3.63) is 22.2 Å². The Hall–Kier alpha value is -4.80. The number of nitrogens with zero attached hydrogens (tertiary/aromatic N) is 8. The van der Waals surface area contributed by atoms with Gasteiger partial charge in [0.15, 0.2) is 23.3 Å². The summed E-state index contributed by atoms with van der Waals surface area (Å²) in [5.41, 5.74) is 10.2. The van der Waals surface area contributed by atoms with E-state index in [-0.39, 0.29) is 59.0 Å². The van der Waals surface area contributed by atoms with Crippen LogP contribution in [0, 0.1) is 35.3 Å². The minimum atomic E-state index is -1.19. The number of anilines is 4. The van der Waals surface area contributed by atoms with Gasteiger partial charge in [0, 0.05) is 51.4 Å². The molecule has 6 heterocycles. The molecule has 0 aromatic carbocycles. The molecule has 8 N–H and O–H groups in total. The number of nitrogens with one attached hydrogen (secondary N) is 6. The van der Waals surface area contributed by atoms with Crippen LogP contribution in [0.4, 0.5) is 41.6 Å². The van der Waals surface area contributed by atoms with E-state index in [1.165, 1.54) is 25.7 Å². The van der Waals surface area contributed by atoms with Gasteiger partial charge in [-0.15, -0.1) is 0 Å². The van der Waals surface area contributed by atoms with Crippen LogP contribution in [0.1, 0.15) is 116 Å². The third-order valence-corrected chi connectivity index (χ3v) is 15.1. The summed E-state index contributed by atoms with van der Waals surface area (Å²) in [4.78, 5) is 72.7. The molecule has 4 amide bonds. The van der Waals surface area contributed by atoms with Crippen LogP contribution in [0.5, 0.6) is 0 Å². The topological polar surface area (TPSA) is 245 Å². The molecule has 2 aromatic rings. The number of hydrazine groups is 2. The second kappa shape index (κ2) is 26.1. The Labute approximate surface area is 418 Å². The highest BCUT2D eigenvalue weighted by molar-refractivity contribution is 6.28. The fourth-order valence-electron chi connectivity index (χ4n) is 11.2. The Morgan fingerprint density at radius 2 is 0.914 bits per heavy atom. The Morgan fingerprint density at radius 1 is 0.543 bits per heavy atom. The first kappa shape index (κ1) is 53.0. The summed E-state index contributed by atoms with van der Waals surface area (Å²) in [7, 11) is 0. The smallest absolute Gasteiger partial charge is 0.404 e. The van der Waals surface area contributed by atoms with E-state index in [1.807, 2.05) is 9.80 Å². The molecule has 20 nitrogen and oxygen atoms in total. The van der Waals surface area contributed by atoms with E-state index in [0.29, 0.717) is 37.8 Å². The number of carboxylic acid groups (broad SMARTS) is 2. The summed E-state index contributed by atoms with van der Waals surface area (Å²) >= 11 is 12.3. The highest BCUT2D eigenvalue weighted by atomic mass is 35.5. The van der Waals surface area contributed by atoms with Crippen LogP contribution in [0.25, 0.3) is 0 Å². The Bertz CT molecular complexity index is 1940. The van der Waals surface area contributed by atoms with Crippen LogP contribution in [-0.4, -0.2) is 141 Å². The maximum Gasteiger partial charge on any atom is 0.404 e. The molecule has 388 valence electrons. The van der Waals surface area contributed by atoms with E-state index in [4.69, 9.17) is 33.4 Å². The molecular weight excluding hydrogens is 953 g/mol. The molecule has 4 saturated heterocycles. The standard InChI is InChI=1S/2C23H35ClFN7O3/c2*24-22-27-19(29-30-21(33)16(13-26-23(34)35)12-15-6-1-2-7-15)18(25)20(28-22)32-11-5-8-17(32)14-31-9-3-4-10-31/h2*15-17,26H,1-14H2,(H,30,33)(H,34,35)(H,27,28,29)/t2*16-,17+/m11/s1. The third kappa shape index (κ3) is 15.1. The Kier molecular flexibility index (Phi) is 19.7. The van der Waals surface area contributed by atoms with Crippen molar-refractivity contribution in [2.45, 2.75) is 128 Å². The first-order chi connectivity index (χ1) is 33.8. The van der Waals surface area contributed by atoms with Gasteiger partial charge in [0.2, 0.25) is 34.0 Å². The lowest BCUT2D eigenvalue weighted by Crippen LogP contribution is -2.42. The largest absolute Gasteiger partial charge is 0.465 e. The van der Waals surface area contributed by atoms with Crippen LogP contribution in [-0.2, 0) is 9.59 Å². The van der Waals surface area contributed by atoms with Crippen molar-refractivity contribution in [2.75, 3.05) is 86.1 Å². The van der Waals surface area contributed by atoms with Gasteiger partial charge in [-0.2, -0.15) is 28.7 Å². The SMILES string of the molecule is O=C(O)NC[C@@H](CC1CCCC1)C(=O)NNc1nc(Cl)nc(N2CCC[C@H]2CN2CCCC2)c1F.O=C(O)NC[C@@H](CC1CCCC1)C(=O)NNc1nc(Cl)nc(N2CCC[C@H]2CN2CCCC2)c1F. The van der Waals surface area contributed by atoms with Gasteiger partial charge in [-0.05, 0) is 125 Å². The van der Waals surface area contributed by atoms with Crippen LogP contribution < -0.4 is 42.1 Å². The molecule has 2 aliphatic carbocycles. The van der Waals surface area contributed by atoms with Crippen molar-refractivity contribution in [1.82, 2.24) is 51.2 Å². The minimum absolute atomic E-state index is 0.0104. The number of amides is 4. The van der Waals surface area contributed by atoms with Crippen LogP contribution in [0.15, 0.2) is 0 Å². The maximum absolute atomic E-state index is 15.5. The lowest BCUT2D eigenvalue weighted by molar-refractivity contribution is -0.125. The van der Waals surface area contributed by atoms with Crippen molar-refractivity contribution in [3.8, 4) is 0 Å².